The molecule has 0 saturated carbocycles. The number of non-ortho nitro benzene ring substituents is 1. The quantitative estimate of drug-likeness (QED) is 0.334. The van der Waals surface area contributed by atoms with Crippen molar-refractivity contribution in [2.24, 2.45) is 5.10 Å². The fourth-order valence-corrected chi connectivity index (χ4v) is 4.02. The molecule has 0 fully saturated rings. The minimum atomic E-state index is -3.72. The average Bonchev–Trinajstić information content (AvgIpc) is 2.82. The number of carbonyl (C=O) groups is 1. The Morgan fingerprint density at radius 2 is 1.50 bits per heavy atom. The Hall–Kier alpha value is -4.05. The van der Waals surface area contributed by atoms with E-state index in [2.05, 4.69) is 10.5 Å². The van der Waals surface area contributed by atoms with Gasteiger partial charge >= 0.3 is 0 Å². The fourth-order valence-electron chi connectivity index (χ4n) is 2.80. The molecule has 0 saturated heterocycles. The highest BCUT2D eigenvalue weighted by atomic mass is 32.2. The van der Waals surface area contributed by atoms with Crippen LogP contribution in [0.2, 0.25) is 0 Å². The molecule has 3 aromatic rings. The summed E-state index contributed by atoms with van der Waals surface area (Å²) in [6, 6.07) is 19.9. The first kappa shape index (κ1) is 22.6. The number of sulfonamides is 1. The summed E-state index contributed by atoms with van der Waals surface area (Å²) in [5, 5.41) is 14.8. The molecule has 0 spiro atoms. The SMILES string of the molecule is CC(=NNC(=O)c1ccc(N(C)S(=O)(=O)c2ccccc2)cc1)c1ccc([N+](=O)[O-])cc1. The number of nitro groups is 1. The van der Waals surface area contributed by atoms with E-state index in [1.165, 1.54) is 55.6 Å². The molecule has 0 atom stereocenters. The maximum atomic E-state index is 12.7. The molecule has 0 bridgehead atoms. The Morgan fingerprint density at radius 3 is 2.06 bits per heavy atom. The summed E-state index contributed by atoms with van der Waals surface area (Å²) in [5.74, 6) is -0.480. The van der Waals surface area contributed by atoms with Crippen LogP contribution in [0.15, 0.2) is 88.9 Å². The van der Waals surface area contributed by atoms with Crippen LogP contribution in [0.3, 0.4) is 0 Å². The Labute approximate surface area is 185 Å². The third-order valence-corrected chi connectivity index (χ3v) is 6.52. The van der Waals surface area contributed by atoms with Gasteiger partial charge in [0.2, 0.25) is 0 Å². The number of hydrazone groups is 1. The van der Waals surface area contributed by atoms with Crippen LogP contribution in [0, 0.1) is 10.1 Å². The Balaban J connectivity index is 1.69. The lowest BCUT2D eigenvalue weighted by Gasteiger charge is -2.19. The van der Waals surface area contributed by atoms with Crippen LogP contribution in [0.25, 0.3) is 0 Å². The number of nitrogens with one attached hydrogen (secondary N) is 1. The molecule has 9 nitrogen and oxygen atoms in total. The van der Waals surface area contributed by atoms with Gasteiger partial charge in [0, 0.05) is 24.7 Å². The van der Waals surface area contributed by atoms with Crippen LogP contribution < -0.4 is 9.73 Å². The molecule has 0 aliphatic carbocycles. The second-order valence-electron chi connectivity index (χ2n) is 6.77. The summed E-state index contributed by atoms with van der Waals surface area (Å²) in [4.78, 5) is 22.8. The molecule has 0 radical (unpaired) electrons. The van der Waals surface area contributed by atoms with Crippen molar-refractivity contribution in [1.82, 2.24) is 5.43 Å². The van der Waals surface area contributed by atoms with Gasteiger partial charge in [-0.15, -0.1) is 0 Å². The summed E-state index contributed by atoms with van der Waals surface area (Å²) >= 11 is 0. The number of rotatable bonds is 7. The third kappa shape index (κ3) is 4.98. The zero-order chi connectivity index (χ0) is 23.3. The first-order valence-corrected chi connectivity index (χ1v) is 10.9. The number of nitro benzene ring substituents is 1. The maximum absolute atomic E-state index is 12.7. The van der Waals surface area contributed by atoms with Gasteiger partial charge in [0.25, 0.3) is 21.6 Å². The topological polar surface area (TPSA) is 122 Å². The van der Waals surface area contributed by atoms with Crippen LogP contribution in [0.1, 0.15) is 22.8 Å². The summed E-state index contributed by atoms with van der Waals surface area (Å²) in [5.41, 5.74) is 4.17. The lowest BCUT2D eigenvalue weighted by atomic mass is 10.1. The lowest BCUT2D eigenvalue weighted by Crippen LogP contribution is -2.26. The minimum Gasteiger partial charge on any atom is -0.269 e. The van der Waals surface area contributed by atoms with E-state index in [0.717, 1.165) is 4.31 Å². The molecule has 3 aromatic carbocycles. The van der Waals surface area contributed by atoms with Crippen molar-refractivity contribution in [3.63, 3.8) is 0 Å². The molecule has 32 heavy (non-hydrogen) atoms. The molecule has 1 amide bonds. The lowest BCUT2D eigenvalue weighted by molar-refractivity contribution is -0.384. The largest absolute Gasteiger partial charge is 0.271 e. The average molecular weight is 452 g/mol. The molecule has 0 aliphatic heterocycles. The van der Waals surface area contributed by atoms with Gasteiger partial charge in [0.15, 0.2) is 0 Å². The van der Waals surface area contributed by atoms with Gasteiger partial charge in [0.05, 0.1) is 21.2 Å². The predicted molar refractivity (Wildman–Crippen MR) is 121 cm³/mol. The smallest absolute Gasteiger partial charge is 0.269 e. The Morgan fingerprint density at radius 1 is 0.938 bits per heavy atom. The standard InChI is InChI=1S/C22H20N4O5S/c1-16(17-8-14-20(15-9-17)26(28)29)23-24-22(27)18-10-12-19(13-11-18)25(2)32(30,31)21-6-4-3-5-7-21/h3-15H,1-2H3,(H,24,27). The molecule has 10 heteroatoms. The molecule has 0 aromatic heterocycles. The van der Waals surface area contributed by atoms with Crippen molar-refractivity contribution >= 4 is 33.0 Å². The Kier molecular flexibility index (Phi) is 6.64. The van der Waals surface area contributed by atoms with E-state index in [-0.39, 0.29) is 10.6 Å². The normalized spacial score (nSPS) is 11.6. The fraction of sp³-hybridized carbons (Fsp3) is 0.0909. The highest BCUT2D eigenvalue weighted by molar-refractivity contribution is 7.92. The minimum absolute atomic E-state index is 0.0371. The number of benzene rings is 3. The van der Waals surface area contributed by atoms with E-state index in [0.29, 0.717) is 22.5 Å². The van der Waals surface area contributed by atoms with E-state index in [4.69, 9.17) is 0 Å². The van der Waals surface area contributed by atoms with Gasteiger partial charge < -0.3 is 0 Å². The second-order valence-corrected chi connectivity index (χ2v) is 8.74. The van der Waals surface area contributed by atoms with Gasteiger partial charge in [-0.1, -0.05) is 18.2 Å². The number of carbonyl (C=O) groups excluding carboxylic acids is 1. The van der Waals surface area contributed by atoms with Crippen LogP contribution >= 0.6 is 0 Å². The molecular weight excluding hydrogens is 432 g/mol. The third-order valence-electron chi connectivity index (χ3n) is 4.72. The predicted octanol–water partition coefficient (Wildman–Crippen LogP) is 3.57. The van der Waals surface area contributed by atoms with Gasteiger partial charge in [-0.2, -0.15) is 5.10 Å². The zero-order valence-corrected chi connectivity index (χ0v) is 18.1. The number of hydrogen-bond donors (Lipinski definition) is 1. The van der Waals surface area contributed by atoms with Crippen molar-refractivity contribution in [2.45, 2.75) is 11.8 Å². The number of anilines is 1. The van der Waals surface area contributed by atoms with Crippen molar-refractivity contribution < 1.29 is 18.1 Å². The van der Waals surface area contributed by atoms with Gasteiger partial charge in [-0.3, -0.25) is 19.2 Å². The van der Waals surface area contributed by atoms with E-state index in [1.54, 1.807) is 37.3 Å². The van der Waals surface area contributed by atoms with Gasteiger partial charge in [0.1, 0.15) is 0 Å². The van der Waals surface area contributed by atoms with Crippen molar-refractivity contribution in [1.29, 1.82) is 0 Å². The summed E-state index contributed by atoms with van der Waals surface area (Å²) < 4.78 is 26.6. The van der Waals surface area contributed by atoms with Crippen LogP contribution in [-0.2, 0) is 10.0 Å². The number of hydrogen-bond acceptors (Lipinski definition) is 6. The monoisotopic (exact) mass is 452 g/mol. The Bertz CT molecular complexity index is 1260. The molecule has 0 unspecified atom stereocenters. The first-order chi connectivity index (χ1) is 15.2. The second kappa shape index (κ2) is 9.40. The van der Waals surface area contributed by atoms with Crippen LogP contribution in [0.5, 0.6) is 0 Å². The van der Waals surface area contributed by atoms with Crippen LogP contribution in [-0.4, -0.2) is 32.0 Å². The molecule has 1 N–H and O–H groups in total. The molecule has 0 aliphatic rings. The summed E-state index contributed by atoms with van der Waals surface area (Å²) in [6.45, 7) is 1.66. The zero-order valence-electron chi connectivity index (χ0n) is 17.3. The van der Waals surface area contributed by atoms with Gasteiger partial charge in [-0.05, 0) is 61.0 Å². The summed E-state index contributed by atoms with van der Waals surface area (Å²) in [7, 11) is -2.28. The van der Waals surface area contributed by atoms with Crippen LogP contribution in [0.4, 0.5) is 11.4 Å². The van der Waals surface area contributed by atoms with E-state index < -0.39 is 20.9 Å². The van der Waals surface area contributed by atoms with Gasteiger partial charge in [-0.25, -0.2) is 13.8 Å². The first-order valence-electron chi connectivity index (χ1n) is 9.43. The molecular formula is C22H20N4O5S. The maximum Gasteiger partial charge on any atom is 0.271 e. The highest BCUT2D eigenvalue weighted by Gasteiger charge is 2.21. The number of nitrogens with zero attached hydrogens (tertiary/aromatic N) is 3. The molecule has 164 valence electrons. The summed E-state index contributed by atoms with van der Waals surface area (Å²) in [6.07, 6.45) is 0. The highest BCUT2D eigenvalue weighted by Crippen LogP contribution is 2.22. The van der Waals surface area contributed by atoms with E-state index in [1.807, 2.05) is 0 Å². The van der Waals surface area contributed by atoms with Crippen molar-refractivity contribution in [3.8, 4) is 0 Å². The van der Waals surface area contributed by atoms with Crippen molar-refractivity contribution in [3.05, 3.63) is 100 Å². The van der Waals surface area contributed by atoms with E-state index >= 15 is 0 Å². The van der Waals surface area contributed by atoms with Crippen molar-refractivity contribution in [2.75, 3.05) is 11.4 Å². The molecule has 0 heterocycles. The number of amides is 1. The van der Waals surface area contributed by atoms with E-state index in [9.17, 15) is 23.3 Å². The molecule has 3 rings (SSSR count).